The molecular formula is C29H40F4N2O2S. The Bertz CT molecular complexity index is 1180. The third-order valence-corrected chi connectivity index (χ3v) is 7.74. The van der Waals surface area contributed by atoms with Crippen LogP contribution in [0.1, 0.15) is 61.9 Å². The molecular weight excluding hydrogens is 516 g/mol. The lowest BCUT2D eigenvalue weighted by atomic mass is 10.1. The van der Waals surface area contributed by atoms with Gasteiger partial charge < -0.3 is 0 Å². The molecule has 0 bridgehead atoms. The van der Waals surface area contributed by atoms with Gasteiger partial charge in [0.25, 0.3) is 0 Å². The van der Waals surface area contributed by atoms with E-state index < -0.39 is 27.9 Å². The number of halogens is 4. The highest BCUT2D eigenvalue weighted by Gasteiger charge is 2.41. The van der Waals surface area contributed by atoms with Crippen LogP contribution >= 0.6 is 0 Å². The molecule has 1 heterocycles. The van der Waals surface area contributed by atoms with Crippen LogP contribution in [0.3, 0.4) is 0 Å². The second-order valence-corrected chi connectivity index (χ2v) is 10.9. The van der Waals surface area contributed by atoms with E-state index in [-0.39, 0.29) is 18.9 Å². The molecule has 1 aliphatic rings. The molecule has 0 amide bonds. The van der Waals surface area contributed by atoms with Gasteiger partial charge in [0, 0.05) is 13.1 Å². The summed E-state index contributed by atoms with van der Waals surface area (Å²) in [6.45, 7) is 16.9. The summed E-state index contributed by atoms with van der Waals surface area (Å²) in [5, 5.41) is 8.56. The number of rotatable bonds is 4. The molecule has 1 atom stereocenters. The molecule has 2 aromatic carbocycles. The number of nitriles is 1. The molecule has 2 aromatic rings. The van der Waals surface area contributed by atoms with Gasteiger partial charge in [-0.3, -0.25) is 0 Å². The van der Waals surface area contributed by atoms with Gasteiger partial charge in [-0.1, -0.05) is 63.6 Å². The molecule has 1 unspecified atom stereocenters. The first-order valence-corrected chi connectivity index (χ1v) is 14.1. The summed E-state index contributed by atoms with van der Waals surface area (Å²) in [5.74, 6) is -2.86. The number of aryl methyl sites for hydroxylation is 4. The monoisotopic (exact) mass is 556 g/mol. The first kappa shape index (κ1) is 35.3. The van der Waals surface area contributed by atoms with Crippen molar-refractivity contribution in [3.8, 4) is 6.07 Å². The average molecular weight is 557 g/mol. The summed E-state index contributed by atoms with van der Waals surface area (Å²) in [5.41, 5.74) is 6.04. The molecule has 212 valence electrons. The zero-order valence-corrected chi connectivity index (χ0v) is 24.2. The lowest BCUT2D eigenvalue weighted by molar-refractivity contribution is -0.163. The van der Waals surface area contributed by atoms with Crippen molar-refractivity contribution >= 4 is 10.0 Å². The third kappa shape index (κ3) is 12.2. The topological polar surface area (TPSA) is 61.2 Å². The van der Waals surface area contributed by atoms with Crippen molar-refractivity contribution in [2.24, 2.45) is 5.92 Å². The number of nitrogens with zero attached hydrogens (tertiary/aromatic N) is 2. The van der Waals surface area contributed by atoms with E-state index in [1.165, 1.54) is 17.2 Å². The van der Waals surface area contributed by atoms with Crippen molar-refractivity contribution in [1.82, 2.24) is 4.31 Å². The number of hydrogen-bond donors (Lipinski definition) is 0. The molecule has 0 N–H and O–H groups in total. The first-order valence-electron chi connectivity index (χ1n) is 12.5. The van der Waals surface area contributed by atoms with Crippen LogP contribution < -0.4 is 0 Å². The van der Waals surface area contributed by atoms with Crippen LogP contribution in [0.2, 0.25) is 0 Å². The van der Waals surface area contributed by atoms with E-state index >= 15 is 0 Å². The molecule has 3 rings (SSSR count). The van der Waals surface area contributed by atoms with Gasteiger partial charge in [0.05, 0.1) is 23.3 Å². The number of sulfonamides is 1. The highest BCUT2D eigenvalue weighted by atomic mass is 32.2. The van der Waals surface area contributed by atoms with Crippen molar-refractivity contribution in [3.05, 3.63) is 82.2 Å². The van der Waals surface area contributed by atoms with Crippen molar-refractivity contribution in [1.29, 1.82) is 5.26 Å². The molecule has 1 aliphatic heterocycles. The molecule has 1 saturated heterocycles. The maximum atomic E-state index is 12.5. The molecule has 0 saturated carbocycles. The SMILES string of the molecule is C=C1CCN(S(=O)(=O)CC(C)C(F)(F)F)C1.CC.CCc1cc(F)ccc1C.Cc1ccc(C#N)c(C)c1. The summed E-state index contributed by atoms with van der Waals surface area (Å²) in [7, 11) is -3.82. The van der Waals surface area contributed by atoms with Gasteiger partial charge in [0.1, 0.15) is 5.82 Å². The fraction of sp³-hybridized carbons (Fsp3) is 0.483. The molecule has 0 aliphatic carbocycles. The van der Waals surface area contributed by atoms with Crippen LogP contribution in [0, 0.1) is 43.8 Å². The van der Waals surface area contributed by atoms with Crippen molar-refractivity contribution < 1.29 is 26.0 Å². The Morgan fingerprint density at radius 3 is 2.11 bits per heavy atom. The lowest BCUT2D eigenvalue weighted by Crippen LogP contribution is -2.36. The third-order valence-electron chi connectivity index (χ3n) is 5.72. The Hall–Kier alpha value is -2.70. The summed E-state index contributed by atoms with van der Waals surface area (Å²) in [6, 6.07) is 12.8. The molecule has 0 spiro atoms. The van der Waals surface area contributed by atoms with Gasteiger partial charge in [-0.05, 0) is 68.5 Å². The lowest BCUT2D eigenvalue weighted by Gasteiger charge is -2.20. The number of alkyl halides is 3. The first-order chi connectivity index (χ1) is 17.6. The predicted molar refractivity (Wildman–Crippen MR) is 147 cm³/mol. The zero-order valence-electron chi connectivity index (χ0n) is 23.4. The van der Waals surface area contributed by atoms with E-state index in [9.17, 15) is 26.0 Å². The second-order valence-electron chi connectivity index (χ2n) is 8.91. The van der Waals surface area contributed by atoms with Gasteiger partial charge >= 0.3 is 6.18 Å². The van der Waals surface area contributed by atoms with Gasteiger partial charge in [0.15, 0.2) is 0 Å². The van der Waals surface area contributed by atoms with Crippen LogP contribution in [0.15, 0.2) is 48.6 Å². The molecule has 0 aromatic heterocycles. The van der Waals surface area contributed by atoms with E-state index in [4.69, 9.17) is 5.26 Å². The average Bonchev–Trinajstić information content (AvgIpc) is 3.29. The Morgan fingerprint density at radius 1 is 1.08 bits per heavy atom. The van der Waals surface area contributed by atoms with Gasteiger partial charge in [-0.25, -0.2) is 12.8 Å². The molecule has 9 heteroatoms. The van der Waals surface area contributed by atoms with E-state index in [1.807, 2.05) is 65.8 Å². The fourth-order valence-electron chi connectivity index (χ4n) is 3.40. The smallest absolute Gasteiger partial charge is 0.212 e. The van der Waals surface area contributed by atoms with Gasteiger partial charge in [-0.15, -0.1) is 0 Å². The van der Waals surface area contributed by atoms with E-state index in [1.54, 1.807) is 6.07 Å². The maximum absolute atomic E-state index is 12.5. The minimum atomic E-state index is -4.47. The van der Waals surface area contributed by atoms with E-state index in [0.717, 1.165) is 39.9 Å². The van der Waals surface area contributed by atoms with Crippen LogP contribution in [-0.4, -0.2) is 37.7 Å². The summed E-state index contributed by atoms with van der Waals surface area (Å²) >= 11 is 0. The zero-order chi connectivity index (χ0) is 29.7. The van der Waals surface area contributed by atoms with E-state index in [2.05, 4.69) is 12.6 Å². The molecule has 1 fully saturated rings. The molecule has 0 radical (unpaired) electrons. The Kier molecular flexibility index (Phi) is 15.1. The minimum Gasteiger partial charge on any atom is -0.212 e. The highest BCUT2D eigenvalue weighted by Crippen LogP contribution is 2.28. The quantitative estimate of drug-likeness (QED) is 0.287. The minimum absolute atomic E-state index is 0.137. The van der Waals surface area contributed by atoms with Crippen LogP contribution in [0.25, 0.3) is 0 Å². The highest BCUT2D eigenvalue weighted by molar-refractivity contribution is 7.89. The molecule has 4 nitrogen and oxygen atoms in total. The fourth-order valence-corrected chi connectivity index (χ4v) is 5.18. The van der Waals surface area contributed by atoms with Gasteiger partial charge in [-0.2, -0.15) is 22.7 Å². The van der Waals surface area contributed by atoms with Crippen molar-refractivity contribution in [2.75, 3.05) is 18.8 Å². The Labute approximate surface area is 226 Å². The molecule has 38 heavy (non-hydrogen) atoms. The summed E-state index contributed by atoms with van der Waals surface area (Å²) in [6.07, 6.45) is -3.03. The van der Waals surface area contributed by atoms with Crippen LogP contribution in [0.4, 0.5) is 17.6 Å². The maximum Gasteiger partial charge on any atom is 0.392 e. The standard InChI is InChI=1S/C9H14F3NO2S.C9H11F.C9H9N.C2H6/c1-7-3-4-13(5-7)16(14,15)6-8(2)9(10,11)12;1-3-8-6-9(10)5-4-7(8)2;1-7-3-4-9(6-10)8(2)5-7;1-2/h8H,1,3-6H2,2H3;4-6H,3H2,1-2H3;3-5H,1-2H3;1-2H3. The van der Waals surface area contributed by atoms with Crippen molar-refractivity contribution in [3.63, 3.8) is 0 Å². The van der Waals surface area contributed by atoms with Crippen LogP contribution in [-0.2, 0) is 16.4 Å². The number of hydrogen-bond acceptors (Lipinski definition) is 3. The van der Waals surface area contributed by atoms with Crippen molar-refractivity contribution in [2.45, 2.75) is 67.5 Å². The normalized spacial score (nSPS) is 14.1. The summed E-state index contributed by atoms with van der Waals surface area (Å²) in [4.78, 5) is 0. The predicted octanol–water partition coefficient (Wildman–Crippen LogP) is 7.67. The second kappa shape index (κ2) is 16.3. The summed E-state index contributed by atoms with van der Waals surface area (Å²) < 4.78 is 73.6. The Balaban J connectivity index is 0.000000544. The Morgan fingerprint density at radius 2 is 1.68 bits per heavy atom. The van der Waals surface area contributed by atoms with E-state index in [0.29, 0.717) is 6.42 Å². The number of benzene rings is 2. The van der Waals surface area contributed by atoms with Gasteiger partial charge in [0.2, 0.25) is 10.0 Å². The van der Waals surface area contributed by atoms with Crippen LogP contribution in [0.5, 0.6) is 0 Å². The largest absolute Gasteiger partial charge is 0.392 e.